The van der Waals surface area contributed by atoms with Gasteiger partial charge < -0.3 is 5.32 Å². The van der Waals surface area contributed by atoms with Gasteiger partial charge in [0.25, 0.3) is 5.91 Å². The highest BCUT2D eigenvalue weighted by Crippen LogP contribution is 2.29. The normalized spacial score (nSPS) is 11.9. The summed E-state index contributed by atoms with van der Waals surface area (Å²) in [5.41, 5.74) is 1.56. The van der Waals surface area contributed by atoms with Crippen molar-refractivity contribution in [1.82, 2.24) is 14.8 Å². The van der Waals surface area contributed by atoms with Gasteiger partial charge in [0.15, 0.2) is 5.65 Å². The molecule has 0 aliphatic heterocycles. The molecule has 1 aromatic carbocycles. The number of sulfonamides is 1. The molecular weight excluding hydrogens is 441 g/mol. The molecule has 11 heteroatoms. The van der Waals surface area contributed by atoms with Gasteiger partial charge in [0, 0.05) is 11.7 Å². The first-order valence-electron chi connectivity index (χ1n) is 9.21. The Balaban J connectivity index is 1.81. The van der Waals surface area contributed by atoms with E-state index in [-0.39, 0.29) is 11.7 Å². The van der Waals surface area contributed by atoms with Gasteiger partial charge in [-0.1, -0.05) is 6.07 Å². The molecule has 0 unspecified atom stereocenters. The van der Waals surface area contributed by atoms with Crippen molar-refractivity contribution in [3.8, 4) is 10.6 Å². The third-order valence-electron chi connectivity index (χ3n) is 4.57. The van der Waals surface area contributed by atoms with E-state index >= 15 is 0 Å². The van der Waals surface area contributed by atoms with Crippen molar-refractivity contribution in [2.24, 2.45) is 5.14 Å². The fraction of sp³-hybridized carbons (Fsp3) is 0.150. The molecule has 0 bridgehead atoms. The van der Waals surface area contributed by atoms with Gasteiger partial charge in [-0.3, -0.25) is 4.79 Å². The molecule has 0 saturated carbocycles. The summed E-state index contributed by atoms with van der Waals surface area (Å²) in [5, 5.41) is 14.5. The van der Waals surface area contributed by atoms with Gasteiger partial charge in [-0.2, -0.15) is 5.10 Å². The maximum atomic E-state index is 13.8. The molecule has 0 fully saturated rings. The summed E-state index contributed by atoms with van der Waals surface area (Å²) in [7, 11) is -4.28. The predicted molar refractivity (Wildman–Crippen MR) is 117 cm³/mol. The first kappa shape index (κ1) is 21.1. The Hall–Kier alpha value is -3.15. The van der Waals surface area contributed by atoms with E-state index in [2.05, 4.69) is 10.4 Å². The Morgan fingerprint density at radius 2 is 2.03 bits per heavy atom. The zero-order chi connectivity index (χ0) is 22.3. The molecule has 1 amide bonds. The predicted octanol–water partition coefficient (Wildman–Crippen LogP) is 3.78. The Bertz CT molecular complexity index is 1400. The largest absolute Gasteiger partial charge is 0.322 e. The molecule has 0 aliphatic carbocycles. The number of nitrogens with zero attached hydrogens (tertiary/aromatic N) is 3. The first-order chi connectivity index (χ1) is 14.6. The van der Waals surface area contributed by atoms with Crippen LogP contribution in [-0.2, 0) is 10.0 Å². The van der Waals surface area contributed by atoms with E-state index in [9.17, 15) is 17.6 Å². The maximum Gasteiger partial charge on any atom is 0.256 e. The van der Waals surface area contributed by atoms with Crippen LogP contribution in [0.25, 0.3) is 21.6 Å². The lowest BCUT2D eigenvalue weighted by Crippen LogP contribution is -2.16. The number of aromatic nitrogens is 3. The number of halogens is 1. The molecule has 0 spiro atoms. The lowest BCUT2D eigenvalue weighted by atomic mass is 10.1. The number of pyridine rings is 1. The summed E-state index contributed by atoms with van der Waals surface area (Å²) in [4.78, 5) is 18.0. The monoisotopic (exact) mass is 459 g/mol. The molecule has 3 N–H and O–H groups in total. The third kappa shape index (κ3) is 4.07. The Morgan fingerprint density at radius 1 is 1.26 bits per heavy atom. The summed E-state index contributed by atoms with van der Waals surface area (Å²) < 4.78 is 38.7. The van der Waals surface area contributed by atoms with Crippen LogP contribution in [0.3, 0.4) is 0 Å². The molecule has 4 rings (SSSR count). The number of carbonyl (C=O) groups excluding carboxylic acids is 1. The molecule has 3 heterocycles. The maximum absolute atomic E-state index is 13.8. The number of thiophene rings is 1. The van der Waals surface area contributed by atoms with Crippen LogP contribution in [0, 0.1) is 5.82 Å². The lowest BCUT2D eigenvalue weighted by molar-refractivity contribution is 0.102. The number of hydrogen-bond acceptors (Lipinski definition) is 6. The first-order valence-corrected chi connectivity index (χ1v) is 11.6. The van der Waals surface area contributed by atoms with E-state index in [4.69, 9.17) is 10.1 Å². The molecule has 8 nitrogen and oxygen atoms in total. The van der Waals surface area contributed by atoms with Gasteiger partial charge in [-0.25, -0.2) is 27.6 Å². The zero-order valence-corrected chi connectivity index (χ0v) is 18.2. The Morgan fingerprint density at radius 3 is 2.68 bits per heavy atom. The number of primary sulfonamides is 1. The SMILES string of the molecule is CC(C)n1ncc2c(C(=O)Nc3ccc(F)c(S(N)(=O)=O)c3)cc(-c3cccs3)nc21. The highest BCUT2D eigenvalue weighted by Gasteiger charge is 2.20. The molecule has 0 atom stereocenters. The molecule has 0 saturated heterocycles. The molecule has 3 aromatic heterocycles. The van der Waals surface area contributed by atoms with Gasteiger partial charge in [-0.05, 0) is 49.6 Å². The lowest BCUT2D eigenvalue weighted by Gasteiger charge is -2.11. The van der Waals surface area contributed by atoms with Crippen molar-refractivity contribution < 1.29 is 17.6 Å². The second kappa shape index (κ2) is 7.84. The van der Waals surface area contributed by atoms with Crippen LogP contribution in [0.2, 0.25) is 0 Å². The summed E-state index contributed by atoms with van der Waals surface area (Å²) in [6.45, 7) is 3.91. The molecule has 0 radical (unpaired) electrons. The Labute approximate surface area is 181 Å². The molecule has 31 heavy (non-hydrogen) atoms. The van der Waals surface area contributed by atoms with Crippen molar-refractivity contribution in [2.45, 2.75) is 24.8 Å². The van der Waals surface area contributed by atoms with Crippen LogP contribution < -0.4 is 10.5 Å². The highest BCUT2D eigenvalue weighted by molar-refractivity contribution is 7.89. The molecular formula is C20H18FN5O3S2. The number of amides is 1. The van der Waals surface area contributed by atoms with Gasteiger partial charge in [0.1, 0.15) is 10.7 Å². The quantitative estimate of drug-likeness (QED) is 0.471. The smallest absolute Gasteiger partial charge is 0.256 e. The summed E-state index contributed by atoms with van der Waals surface area (Å²) >= 11 is 1.49. The average molecular weight is 460 g/mol. The van der Waals surface area contributed by atoms with Gasteiger partial charge in [0.2, 0.25) is 10.0 Å². The summed E-state index contributed by atoms with van der Waals surface area (Å²) in [6.07, 6.45) is 1.57. The number of hydrogen-bond donors (Lipinski definition) is 2. The minimum absolute atomic E-state index is 0.0221. The van der Waals surface area contributed by atoms with E-state index in [0.29, 0.717) is 22.3 Å². The number of benzene rings is 1. The number of carbonyl (C=O) groups is 1. The van der Waals surface area contributed by atoms with E-state index in [0.717, 1.165) is 17.0 Å². The van der Waals surface area contributed by atoms with Gasteiger partial charge in [0.05, 0.1) is 27.7 Å². The van der Waals surface area contributed by atoms with E-state index in [1.807, 2.05) is 31.4 Å². The average Bonchev–Trinajstić information content (AvgIpc) is 3.37. The van der Waals surface area contributed by atoms with Crippen LogP contribution in [0.1, 0.15) is 30.2 Å². The summed E-state index contributed by atoms with van der Waals surface area (Å²) in [6, 6.07) is 8.64. The number of rotatable bonds is 5. The second-order valence-corrected chi connectivity index (χ2v) is 9.57. The number of anilines is 1. The fourth-order valence-corrected chi connectivity index (χ4v) is 4.45. The zero-order valence-electron chi connectivity index (χ0n) is 16.5. The van der Waals surface area contributed by atoms with Crippen LogP contribution in [0.15, 0.2) is 52.9 Å². The van der Waals surface area contributed by atoms with Gasteiger partial charge in [-0.15, -0.1) is 11.3 Å². The third-order valence-corrected chi connectivity index (χ3v) is 6.39. The van der Waals surface area contributed by atoms with E-state index in [1.165, 1.54) is 17.4 Å². The fourth-order valence-electron chi connectivity index (χ4n) is 3.13. The molecule has 0 aliphatic rings. The van der Waals surface area contributed by atoms with Crippen LogP contribution in [0.5, 0.6) is 0 Å². The minimum Gasteiger partial charge on any atom is -0.322 e. The van der Waals surface area contributed by atoms with E-state index in [1.54, 1.807) is 16.9 Å². The summed E-state index contributed by atoms with van der Waals surface area (Å²) in [5.74, 6) is -1.51. The van der Waals surface area contributed by atoms with Crippen molar-refractivity contribution >= 4 is 44.0 Å². The van der Waals surface area contributed by atoms with Crippen LogP contribution in [0.4, 0.5) is 10.1 Å². The Kier molecular flexibility index (Phi) is 5.33. The standard InChI is InChI=1S/C20H18FN5O3S2/c1-11(2)26-19-14(10-23-26)13(9-16(25-19)17-4-3-7-30-17)20(27)24-12-5-6-15(21)18(8-12)31(22,28)29/h3-11H,1-2H3,(H,24,27)(H2,22,28,29). The van der Waals surface area contributed by atoms with Crippen LogP contribution >= 0.6 is 11.3 Å². The number of nitrogens with one attached hydrogen (secondary N) is 1. The minimum atomic E-state index is -4.28. The number of nitrogens with two attached hydrogens (primary N) is 1. The number of fused-ring (bicyclic) bond motifs is 1. The molecule has 4 aromatic rings. The van der Waals surface area contributed by atoms with Crippen LogP contribution in [-0.4, -0.2) is 29.1 Å². The topological polar surface area (TPSA) is 120 Å². The van der Waals surface area contributed by atoms with Gasteiger partial charge >= 0.3 is 0 Å². The second-order valence-electron chi connectivity index (χ2n) is 7.10. The van der Waals surface area contributed by atoms with Crippen molar-refractivity contribution in [3.63, 3.8) is 0 Å². The molecule has 160 valence electrons. The van der Waals surface area contributed by atoms with Crippen molar-refractivity contribution in [1.29, 1.82) is 0 Å². The van der Waals surface area contributed by atoms with Crippen molar-refractivity contribution in [2.75, 3.05) is 5.32 Å². The van der Waals surface area contributed by atoms with E-state index < -0.39 is 26.6 Å². The highest BCUT2D eigenvalue weighted by atomic mass is 32.2. The van der Waals surface area contributed by atoms with Crippen molar-refractivity contribution in [3.05, 3.63) is 59.4 Å².